The third-order valence-corrected chi connectivity index (χ3v) is 1.73. The second-order valence-electron chi connectivity index (χ2n) is 3.64. The third kappa shape index (κ3) is 2.34. The van der Waals surface area contributed by atoms with Gasteiger partial charge in [0.1, 0.15) is 0 Å². The molecule has 3 heteroatoms. The predicted octanol–water partition coefficient (Wildman–Crippen LogP) is 1.53. The van der Waals surface area contributed by atoms with Gasteiger partial charge in [-0.1, -0.05) is 0 Å². The number of nitrogens with zero attached hydrogens (tertiary/aromatic N) is 3. The molecule has 0 aliphatic heterocycles. The molecule has 1 rings (SSSR count). The summed E-state index contributed by atoms with van der Waals surface area (Å²) in [5.74, 6) is 0. The standard InChI is InChI=1S/C9H17N3/c1-8(2)12-6-9(10-7-12)5-11(3)4/h6-8H,5H2,1-4H3. The maximum atomic E-state index is 4.30. The van der Waals surface area contributed by atoms with E-state index >= 15 is 0 Å². The molecular formula is C9H17N3. The lowest BCUT2D eigenvalue weighted by Crippen LogP contribution is -2.10. The summed E-state index contributed by atoms with van der Waals surface area (Å²) >= 11 is 0. The minimum absolute atomic E-state index is 0.508. The van der Waals surface area contributed by atoms with E-state index < -0.39 is 0 Å². The highest BCUT2D eigenvalue weighted by Gasteiger charge is 2.01. The summed E-state index contributed by atoms with van der Waals surface area (Å²) in [7, 11) is 4.10. The Morgan fingerprint density at radius 1 is 1.50 bits per heavy atom. The van der Waals surface area contributed by atoms with Crippen molar-refractivity contribution < 1.29 is 0 Å². The number of aromatic nitrogens is 2. The van der Waals surface area contributed by atoms with Crippen molar-refractivity contribution >= 4 is 0 Å². The van der Waals surface area contributed by atoms with Crippen molar-refractivity contribution in [2.24, 2.45) is 0 Å². The molecule has 12 heavy (non-hydrogen) atoms. The molecule has 0 fully saturated rings. The highest BCUT2D eigenvalue weighted by atomic mass is 15.1. The number of hydrogen-bond acceptors (Lipinski definition) is 2. The minimum atomic E-state index is 0.508. The van der Waals surface area contributed by atoms with E-state index in [4.69, 9.17) is 0 Å². The molecule has 1 aromatic rings. The summed E-state index contributed by atoms with van der Waals surface area (Å²) in [6, 6.07) is 0.508. The van der Waals surface area contributed by atoms with E-state index in [9.17, 15) is 0 Å². The Bertz CT molecular complexity index is 238. The van der Waals surface area contributed by atoms with Crippen molar-refractivity contribution in [3.63, 3.8) is 0 Å². The minimum Gasteiger partial charge on any atom is -0.335 e. The topological polar surface area (TPSA) is 21.1 Å². The molecule has 0 radical (unpaired) electrons. The first-order valence-electron chi connectivity index (χ1n) is 4.26. The van der Waals surface area contributed by atoms with Crippen LogP contribution < -0.4 is 0 Å². The average Bonchev–Trinajstić information content (AvgIpc) is 2.34. The molecule has 0 atom stereocenters. The first-order valence-corrected chi connectivity index (χ1v) is 4.26. The molecule has 0 spiro atoms. The van der Waals surface area contributed by atoms with E-state index in [1.807, 2.05) is 20.4 Å². The second-order valence-corrected chi connectivity index (χ2v) is 3.64. The SMILES string of the molecule is CC(C)n1cnc(CN(C)C)c1. The van der Waals surface area contributed by atoms with Gasteiger partial charge in [0, 0.05) is 18.8 Å². The van der Waals surface area contributed by atoms with Crippen LogP contribution in [0.2, 0.25) is 0 Å². The maximum Gasteiger partial charge on any atom is 0.0952 e. The molecule has 0 saturated heterocycles. The average molecular weight is 167 g/mol. The van der Waals surface area contributed by atoms with Crippen LogP contribution in [0.1, 0.15) is 25.6 Å². The lowest BCUT2D eigenvalue weighted by Gasteiger charge is -2.06. The lowest BCUT2D eigenvalue weighted by atomic mass is 10.4. The Balaban J connectivity index is 2.64. The highest BCUT2D eigenvalue weighted by molar-refractivity contribution is 4.96. The smallest absolute Gasteiger partial charge is 0.0952 e. The zero-order valence-electron chi connectivity index (χ0n) is 8.28. The van der Waals surface area contributed by atoms with Gasteiger partial charge in [-0.25, -0.2) is 4.98 Å². The zero-order chi connectivity index (χ0) is 9.14. The number of rotatable bonds is 3. The fraction of sp³-hybridized carbons (Fsp3) is 0.667. The summed E-state index contributed by atoms with van der Waals surface area (Å²) in [4.78, 5) is 6.42. The van der Waals surface area contributed by atoms with Crippen molar-refractivity contribution in [1.82, 2.24) is 14.5 Å². The molecular weight excluding hydrogens is 150 g/mol. The summed E-state index contributed by atoms with van der Waals surface area (Å²) in [5, 5.41) is 0. The molecule has 0 aliphatic rings. The van der Waals surface area contributed by atoms with Gasteiger partial charge in [0.25, 0.3) is 0 Å². The molecule has 0 N–H and O–H groups in total. The van der Waals surface area contributed by atoms with E-state index in [-0.39, 0.29) is 0 Å². The van der Waals surface area contributed by atoms with E-state index in [1.54, 1.807) is 0 Å². The Morgan fingerprint density at radius 3 is 2.58 bits per heavy atom. The van der Waals surface area contributed by atoms with Crippen LogP contribution in [0.3, 0.4) is 0 Å². The molecule has 0 aromatic carbocycles. The predicted molar refractivity (Wildman–Crippen MR) is 50.0 cm³/mol. The molecule has 0 saturated carbocycles. The molecule has 0 unspecified atom stereocenters. The van der Waals surface area contributed by atoms with Crippen molar-refractivity contribution in [2.45, 2.75) is 26.4 Å². The summed E-state index contributed by atoms with van der Waals surface area (Å²) in [6.45, 7) is 5.22. The van der Waals surface area contributed by atoms with Gasteiger partial charge < -0.3 is 9.47 Å². The Morgan fingerprint density at radius 2 is 2.17 bits per heavy atom. The quantitative estimate of drug-likeness (QED) is 0.680. The number of imidazole rings is 1. The van der Waals surface area contributed by atoms with E-state index in [2.05, 4.69) is 34.5 Å². The van der Waals surface area contributed by atoms with Gasteiger partial charge in [-0.2, -0.15) is 0 Å². The van der Waals surface area contributed by atoms with E-state index in [0.29, 0.717) is 6.04 Å². The van der Waals surface area contributed by atoms with Crippen molar-refractivity contribution in [3.05, 3.63) is 18.2 Å². The zero-order valence-corrected chi connectivity index (χ0v) is 8.28. The monoisotopic (exact) mass is 167 g/mol. The lowest BCUT2D eigenvalue weighted by molar-refractivity contribution is 0.397. The van der Waals surface area contributed by atoms with Gasteiger partial charge in [0.15, 0.2) is 0 Å². The van der Waals surface area contributed by atoms with Crippen molar-refractivity contribution in [3.8, 4) is 0 Å². The van der Waals surface area contributed by atoms with Crippen molar-refractivity contribution in [2.75, 3.05) is 14.1 Å². The van der Waals surface area contributed by atoms with Gasteiger partial charge in [-0.15, -0.1) is 0 Å². The summed E-state index contributed by atoms with van der Waals surface area (Å²) in [5.41, 5.74) is 1.13. The fourth-order valence-corrected chi connectivity index (χ4v) is 1.07. The third-order valence-electron chi connectivity index (χ3n) is 1.73. The molecule has 0 aliphatic carbocycles. The van der Waals surface area contributed by atoms with E-state index in [0.717, 1.165) is 12.2 Å². The van der Waals surface area contributed by atoms with Gasteiger partial charge in [0.2, 0.25) is 0 Å². The van der Waals surface area contributed by atoms with Gasteiger partial charge in [-0.05, 0) is 27.9 Å². The van der Waals surface area contributed by atoms with Crippen LogP contribution in [0, 0.1) is 0 Å². The Labute approximate surface area is 74.0 Å². The molecule has 1 aromatic heterocycles. The second kappa shape index (κ2) is 3.72. The van der Waals surface area contributed by atoms with Gasteiger partial charge in [-0.3, -0.25) is 0 Å². The molecule has 3 nitrogen and oxygen atoms in total. The largest absolute Gasteiger partial charge is 0.335 e. The van der Waals surface area contributed by atoms with Crippen LogP contribution >= 0.6 is 0 Å². The first-order chi connectivity index (χ1) is 5.59. The normalized spacial score (nSPS) is 11.5. The molecule has 68 valence electrons. The van der Waals surface area contributed by atoms with Crippen LogP contribution in [-0.2, 0) is 6.54 Å². The Kier molecular flexibility index (Phi) is 2.87. The summed E-state index contributed by atoms with van der Waals surface area (Å²) < 4.78 is 2.12. The Hall–Kier alpha value is -0.830. The fourth-order valence-electron chi connectivity index (χ4n) is 1.07. The van der Waals surface area contributed by atoms with Crippen LogP contribution in [0.25, 0.3) is 0 Å². The first kappa shape index (κ1) is 9.26. The molecule has 0 bridgehead atoms. The van der Waals surface area contributed by atoms with Gasteiger partial charge in [0.05, 0.1) is 12.0 Å². The molecule has 0 amide bonds. The van der Waals surface area contributed by atoms with E-state index in [1.165, 1.54) is 0 Å². The van der Waals surface area contributed by atoms with Crippen LogP contribution in [0.15, 0.2) is 12.5 Å². The van der Waals surface area contributed by atoms with Gasteiger partial charge >= 0.3 is 0 Å². The highest BCUT2D eigenvalue weighted by Crippen LogP contribution is 2.05. The number of hydrogen-bond donors (Lipinski definition) is 0. The van der Waals surface area contributed by atoms with Crippen LogP contribution in [-0.4, -0.2) is 28.5 Å². The summed E-state index contributed by atoms with van der Waals surface area (Å²) in [6.07, 6.45) is 3.99. The van der Waals surface area contributed by atoms with Crippen LogP contribution in [0.4, 0.5) is 0 Å². The van der Waals surface area contributed by atoms with Crippen LogP contribution in [0.5, 0.6) is 0 Å². The maximum absolute atomic E-state index is 4.30. The molecule has 1 heterocycles. The van der Waals surface area contributed by atoms with Crippen molar-refractivity contribution in [1.29, 1.82) is 0 Å².